The Labute approximate surface area is 145 Å². The monoisotopic (exact) mass is 345 g/mol. The number of halogens is 1. The summed E-state index contributed by atoms with van der Waals surface area (Å²) in [7, 11) is 0. The number of nitrogens with one attached hydrogen (secondary N) is 1. The van der Waals surface area contributed by atoms with Gasteiger partial charge < -0.3 is 9.73 Å². The second-order valence-electron chi connectivity index (χ2n) is 7.23. The minimum absolute atomic E-state index is 0.0415. The first-order valence-corrected chi connectivity index (χ1v) is 8.93. The van der Waals surface area contributed by atoms with E-state index in [-0.39, 0.29) is 17.5 Å². The Morgan fingerprint density at radius 2 is 2.12 bits per heavy atom. The Bertz CT molecular complexity index is 859. The number of carbonyl (C=O) groups excluding carboxylic acids is 1. The summed E-state index contributed by atoms with van der Waals surface area (Å²) in [5.74, 6) is 1.71. The molecule has 0 radical (unpaired) electrons. The molecule has 24 heavy (non-hydrogen) atoms. The maximum Gasteiger partial charge on any atom is 0.349 e. The predicted molar refractivity (Wildman–Crippen MR) is 93.4 cm³/mol. The van der Waals surface area contributed by atoms with E-state index in [2.05, 4.69) is 5.32 Å². The topological polar surface area (TPSA) is 59.3 Å². The SMILES string of the molecule is C[C@@H](NC(=O)c1cc2cc(Cl)ccc2oc1=O)[C@H]1C[C@H]2CC[C@H]1C2. The molecule has 0 aliphatic heterocycles. The maximum atomic E-state index is 12.6. The molecule has 1 aromatic carbocycles. The van der Waals surface area contributed by atoms with Gasteiger partial charge in [0.2, 0.25) is 0 Å². The molecule has 4 nitrogen and oxygen atoms in total. The zero-order chi connectivity index (χ0) is 16.8. The Balaban J connectivity index is 1.56. The van der Waals surface area contributed by atoms with Crippen molar-refractivity contribution in [2.24, 2.45) is 17.8 Å². The zero-order valence-corrected chi connectivity index (χ0v) is 14.3. The summed E-state index contributed by atoms with van der Waals surface area (Å²) in [6.07, 6.45) is 5.08. The van der Waals surface area contributed by atoms with E-state index < -0.39 is 5.63 Å². The van der Waals surface area contributed by atoms with Crippen molar-refractivity contribution >= 4 is 28.5 Å². The number of hydrogen-bond donors (Lipinski definition) is 1. The molecule has 1 N–H and O–H groups in total. The highest BCUT2D eigenvalue weighted by Crippen LogP contribution is 2.49. The van der Waals surface area contributed by atoms with Crippen LogP contribution in [0.1, 0.15) is 43.0 Å². The van der Waals surface area contributed by atoms with Crippen LogP contribution in [0, 0.1) is 17.8 Å². The van der Waals surface area contributed by atoms with Gasteiger partial charge in [-0.1, -0.05) is 18.0 Å². The van der Waals surface area contributed by atoms with Gasteiger partial charge in [-0.15, -0.1) is 0 Å². The number of hydrogen-bond acceptors (Lipinski definition) is 3. The highest BCUT2D eigenvalue weighted by Gasteiger charge is 2.42. The summed E-state index contributed by atoms with van der Waals surface area (Å²) >= 11 is 5.98. The van der Waals surface area contributed by atoms with Crippen molar-refractivity contribution in [2.45, 2.75) is 38.6 Å². The van der Waals surface area contributed by atoms with Crippen molar-refractivity contribution in [3.8, 4) is 0 Å². The average Bonchev–Trinajstić information content (AvgIpc) is 3.17. The van der Waals surface area contributed by atoms with Gasteiger partial charge in [0.1, 0.15) is 11.1 Å². The molecule has 4 rings (SSSR count). The lowest BCUT2D eigenvalue weighted by Gasteiger charge is -2.28. The zero-order valence-electron chi connectivity index (χ0n) is 13.5. The van der Waals surface area contributed by atoms with Crippen molar-refractivity contribution in [3.63, 3.8) is 0 Å². The highest BCUT2D eigenvalue weighted by atomic mass is 35.5. The van der Waals surface area contributed by atoms with E-state index in [1.807, 2.05) is 6.92 Å². The molecule has 0 unspecified atom stereocenters. The van der Waals surface area contributed by atoms with Crippen LogP contribution in [0.4, 0.5) is 0 Å². The van der Waals surface area contributed by atoms with Gasteiger partial charge in [0.25, 0.3) is 5.91 Å². The quantitative estimate of drug-likeness (QED) is 0.855. The largest absolute Gasteiger partial charge is 0.422 e. The minimum atomic E-state index is -0.609. The van der Waals surface area contributed by atoms with Crippen LogP contribution in [0.25, 0.3) is 11.0 Å². The van der Waals surface area contributed by atoms with Gasteiger partial charge in [0, 0.05) is 16.5 Å². The number of rotatable bonds is 3. The molecule has 5 heteroatoms. The lowest BCUT2D eigenvalue weighted by molar-refractivity contribution is 0.0911. The minimum Gasteiger partial charge on any atom is -0.422 e. The van der Waals surface area contributed by atoms with Crippen LogP contribution in [0.5, 0.6) is 0 Å². The fraction of sp³-hybridized carbons (Fsp3) is 0.474. The molecule has 2 aliphatic carbocycles. The first-order chi connectivity index (χ1) is 11.5. The van der Waals surface area contributed by atoms with E-state index in [1.54, 1.807) is 24.3 Å². The maximum absolute atomic E-state index is 12.6. The van der Waals surface area contributed by atoms with E-state index in [9.17, 15) is 9.59 Å². The number of amides is 1. The molecule has 2 aromatic rings. The fourth-order valence-electron chi connectivity index (χ4n) is 4.55. The molecule has 1 amide bonds. The molecule has 0 spiro atoms. The van der Waals surface area contributed by atoms with Gasteiger partial charge in [0.05, 0.1) is 0 Å². The second-order valence-corrected chi connectivity index (χ2v) is 7.67. The van der Waals surface area contributed by atoms with Crippen LogP contribution < -0.4 is 10.9 Å². The van der Waals surface area contributed by atoms with Gasteiger partial charge in [-0.05, 0) is 68.2 Å². The summed E-state index contributed by atoms with van der Waals surface area (Å²) in [6, 6.07) is 6.62. The van der Waals surface area contributed by atoms with Crippen LogP contribution >= 0.6 is 11.6 Å². The van der Waals surface area contributed by atoms with Gasteiger partial charge in [-0.25, -0.2) is 4.79 Å². The third-order valence-corrected chi connectivity index (χ3v) is 5.97. The van der Waals surface area contributed by atoms with E-state index in [4.69, 9.17) is 16.0 Å². The fourth-order valence-corrected chi connectivity index (χ4v) is 4.73. The van der Waals surface area contributed by atoms with Crippen molar-refractivity contribution in [3.05, 3.63) is 45.3 Å². The molecule has 2 fully saturated rings. The van der Waals surface area contributed by atoms with Crippen LogP contribution in [-0.4, -0.2) is 11.9 Å². The van der Waals surface area contributed by atoms with Gasteiger partial charge in [0.15, 0.2) is 0 Å². The average molecular weight is 346 g/mol. The molecule has 2 saturated carbocycles. The molecule has 1 heterocycles. The molecule has 1 aromatic heterocycles. The number of carbonyl (C=O) groups is 1. The molecule has 4 atom stereocenters. The predicted octanol–water partition coefficient (Wildman–Crippen LogP) is 4.00. The van der Waals surface area contributed by atoms with Crippen molar-refractivity contribution in [2.75, 3.05) is 0 Å². The summed E-state index contributed by atoms with van der Waals surface area (Å²) in [5, 5.41) is 4.20. The Morgan fingerprint density at radius 3 is 2.83 bits per heavy atom. The number of fused-ring (bicyclic) bond motifs is 3. The van der Waals surface area contributed by atoms with Crippen LogP contribution in [0.2, 0.25) is 5.02 Å². The Morgan fingerprint density at radius 1 is 1.29 bits per heavy atom. The highest BCUT2D eigenvalue weighted by molar-refractivity contribution is 6.31. The Kier molecular flexibility index (Phi) is 3.87. The molecule has 2 bridgehead atoms. The van der Waals surface area contributed by atoms with E-state index in [1.165, 1.54) is 25.7 Å². The first-order valence-electron chi connectivity index (χ1n) is 8.55. The summed E-state index contributed by atoms with van der Waals surface area (Å²) < 4.78 is 5.25. The summed E-state index contributed by atoms with van der Waals surface area (Å²) in [6.45, 7) is 2.04. The van der Waals surface area contributed by atoms with Crippen molar-refractivity contribution in [1.29, 1.82) is 0 Å². The molecular formula is C19H20ClNO3. The normalized spacial score (nSPS) is 26.7. The second kappa shape index (κ2) is 5.92. The van der Waals surface area contributed by atoms with Gasteiger partial charge >= 0.3 is 5.63 Å². The van der Waals surface area contributed by atoms with E-state index >= 15 is 0 Å². The van der Waals surface area contributed by atoms with Crippen molar-refractivity contribution in [1.82, 2.24) is 5.32 Å². The third-order valence-electron chi connectivity index (χ3n) is 5.73. The van der Waals surface area contributed by atoms with Gasteiger partial charge in [-0.2, -0.15) is 0 Å². The van der Waals surface area contributed by atoms with Crippen LogP contribution in [-0.2, 0) is 0 Å². The standard InChI is InChI=1S/C19H20ClNO3/c1-10(15-7-11-2-3-12(15)6-11)21-18(22)16-9-13-8-14(20)4-5-17(13)24-19(16)23/h4-5,8-12,15H,2-3,6-7H2,1H3,(H,21,22)/t10-,11+,12+,15-/m1/s1. The van der Waals surface area contributed by atoms with E-state index in [0.717, 1.165) is 11.8 Å². The third kappa shape index (κ3) is 2.73. The first kappa shape index (κ1) is 15.7. The summed E-state index contributed by atoms with van der Waals surface area (Å²) in [5.41, 5.74) is -0.135. The Hall–Kier alpha value is -1.81. The van der Waals surface area contributed by atoms with Crippen molar-refractivity contribution < 1.29 is 9.21 Å². The molecule has 126 valence electrons. The lowest BCUT2D eigenvalue weighted by atomic mass is 9.84. The van der Waals surface area contributed by atoms with Crippen LogP contribution in [0.15, 0.2) is 33.5 Å². The molecule has 0 saturated heterocycles. The van der Waals surface area contributed by atoms with Crippen LogP contribution in [0.3, 0.4) is 0 Å². The lowest BCUT2D eigenvalue weighted by Crippen LogP contribution is -2.41. The summed E-state index contributed by atoms with van der Waals surface area (Å²) in [4.78, 5) is 24.7. The number of benzene rings is 1. The molecular weight excluding hydrogens is 326 g/mol. The molecule has 2 aliphatic rings. The van der Waals surface area contributed by atoms with E-state index in [0.29, 0.717) is 21.9 Å². The smallest absolute Gasteiger partial charge is 0.349 e. The van der Waals surface area contributed by atoms with Gasteiger partial charge in [-0.3, -0.25) is 4.79 Å².